The molecule has 0 radical (unpaired) electrons. The summed E-state index contributed by atoms with van der Waals surface area (Å²) in [6.45, 7) is 2.24. The van der Waals surface area contributed by atoms with Crippen LogP contribution >= 0.6 is 11.3 Å². The molecule has 13 nitrogen and oxygen atoms in total. The summed E-state index contributed by atoms with van der Waals surface area (Å²) in [5.41, 5.74) is 8.31. The number of aromatic nitrogens is 1. The maximum atomic E-state index is 12.7. The third-order valence-electron chi connectivity index (χ3n) is 3.94. The number of amides is 2. The standard InChI is InChI=1S/C14H21N5O8S2/c1-3-4-5-27-18-8(7-6-28-14(15)16-7)11(20)17-9-10(13(22)26-2)19(12(9)21)29(23,24)25/h6,8-10,18H,3-5H2,1-2H3,(H2,15,16)(H,17,20)(H,23,24,25). The van der Waals surface area contributed by atoms with Crippen LogP contribution < -0.4 is 16.5 Å². The number of hydrogen-bond acceptors (Lipinski definition) is 11. The fraction of sp³-hybridized carbons (Fsp3) is 0.571. The maximum absolute atomic E-state index is 12.7. The van der Waals surface area contributed by atoms with E-state index in [9.17, 15) is 22.8 Å². The highest BCUT2D eigenvalue weighted by atomic mass is 32.2. The number of hydroxylamine groups is 1. The van der Waals surface area contributed by atoms with Crippen molar-refractivity contribution in [2.24, 2.45) is 0 Å². The van der Waals surface area contributed by atoms with Crippen molar-refractivity contribution in [2.45, 2.75) is 37.9 Å². The molecule has 1 aromatic heterocycles. The van der Waals surface area contributed by atoms with E-state index in [1.54, 1.807) is 0 Å². The summed E-state index contributed by atoms with van der Waals surface area (Å²) in [6, 6.07) is -4.49. The van der Waals surface area contributed by atoms with Crippen LogP contribution in [0.4, 0.5) is 5.13 Å². The molecule has 0 saturated carbocycles. The summed E-state index contributed by atoms with van der Waals surface area (Å²) in [5, 5.41) is 3.95. The molecule has 29 heavy (non-hydrogen) atoms. The van der Waals surface area contributed by atoms with E-state index >= 15 is 0 Å². The summed E-state index contributed by atoms with van der Waals surface area (Å²) in [7, 11) is -4.05. The zero-order chi connectivity index (χ0) is 21.8. The highest BCUT2D eigenvalue weighted by Gasteiger charge is 2.58. The number of nitrogens with two attached hydrogens (primary N) is 1. The highest BCUT2D eigenvalue weighted by molar-refractivity contribution is 7.84. The monoisotopic (exact) mass is 451 g/mol. The van der Waals surface area contributed by atoms with Crippen molar-refractivity contribution in [3.63, 3.8) is 0 Å². The summed E-state index contributed by atoms with van der Waals surface area (Å²) in [4.78, 5) is 45.9. The van der Waals surface area contributed by atoms with Crippen LogP contribution in [0, 0.1) is 0 Å². The summed E-state index contributed by atoms with van der Waals surface area (Å²) >= 11 is 1.08. The Hall–Kier alpha value is -2.33. The maximum Gasteiger partial charge on any atom is 0.363 e. The van der Waals surface area contributed by atoms with Gasteiger partial charge in [0.05, 0.1) is 19.4 Å². The number of anilines is 1. The number of nitrogen functional groups attached to an aromatic ring is 1. The lowest BCUT2D eigenvalue weighted by Crippen LogP contribution is -2.74. The molecule has 1 aromatic rings. The van der Waals surface area contributed by atoms with Gasteiger partial charge in [0.2, 0.25) is 5.91 Å². The lowest BCUT2D eigenvalue weighted by atomic mass is 9.98. The van der Waals surface area contributed by atoms with Gasteiger partial charge in [-0.1, -0.05) is 13.3 Å². The Bertz CT molecular complexity index is 873. The number of methoxy groups -OCH3 is 1. The Labute approximate surface area is 170 Å². The molecule has 0 aliphatic carbocycles. The van der Waals surface area contributed by atoms with Crippen molar-refractivity contribution < 1.29 is 36.9 Å². The number of thiazole rings is 1. The molecule has 2 heterocycles. The number of nitrogens with one attached hydrogen (secondary N) is 2. The number of carbonyl (C=O) groups is 3. The first-order valence-electron chi connectivity index (χ1n) is 8.38. The lowest BCUT2D eigenvalue weighted by molar-refractivity contribution is -0.162. The highest BCUT2D eigenvalue weighted by Crippen LogP contribution is 2.26. The molecule has 0 spiro atoms. The first-order valence-corrected chi connectivity index (χ1v) is 10.7. The summed E-state index contributed by atoms with van der Waals surface area (Å²) in [5.74, 6) is -3.15. The van der Waals surface area contributed by atoms with E-state index < -0.39 is 46.2 Å². The Morgan fingerprint density at radius 2 is 2.17 bits per heavy atom. The fourth-order valence-corrected chi connectivity index (χ4v) is 3.91. The fourth-order valence-electron chi connectivity index (χ4n) is 2.49. The second-order valence-corrected chi connectivity index (χ2v) is 8.11. The average molecular weight is 451 g/mol. The number of ether oxygens (including phenoxy) is 1. The van der Waals surface area contributed by atoms with Gasteiger partial charge in [-0.25, -0.2) is 9.78 Å². The number of rotatable bonds is 10. The second kappa shape index (κ2) is 9.45. The number of unbranched alkanes of at least 4 members (excludes halogenated alkanes) is 1. The van der Waals surface area contributed by atoms with Crippen LogP contribution in [0.2, 0.25) is 0 Å². The molecule has 1 aliphatic heterocycles. The quantitative estimate of drug-likeness (QED) is 0.109. The smallest absolute Gasteiger partial charge is 0.363 e. The molecular formula is C14H21N5O8S2. The third kappa shape index (κ3) is 5.18. The van der Waals surface area contributed by atoms with E-state index in [1.165, 1.54) is 5.38 Å². The summed E-state index contributed by atoms with van der Waals surface area (Å²) in [6.07, 6.45) is 1.57. The molecule has 1 aliphatic rings. The Kier molecular flexibility index (Phi) is 7.48. The van der Waals surface area contributed by atoms with Crippen molar-refractivity contribution in [2.75, 3.05) is 19.5 Å². The van der Waals surface area contributed by atoms with E-state index in [4.69, 9.17) is 15.1 Å². The number of hydrogen-bond donors (Lipinski definition) is 4. The van der Waals surface area contributed by atoms with Crippen LogP contribution in [0.25, 0.3) is 0 Å². The predicted octanol–water partition coefficient (Wildman–Crippen LogP) is -1.24. The normalized spacial score (nSPS) is 20.1. The summed E-state index contributed by atoms with van der Waals surface area (Å²) < 4.78 is 36.2. The molecule has 162 valence electrons. The Morgan fingerprint density at radius 1 is 1.48 bits per heavy atom. The zero-order valence-electron chi connectivity index (χ0n) is 15.5. The number of esters is 1. The number of β-lactam (4-membered cyclic amide) rings is 1. The molecule has 0 aromatic carbocycles. The van der Waals surface area contributed by atoms with Crippen LogP contribution in [-0.2, 0) is 34.3 Å². The van der Waals surface area contributed by atoms with Crippen LogP contribution in [0.15, 0.2) is 5.38 Å². The third-order valence-corrected chi connectivity index (χ3v) is 5.54. The van der Waals surface area contributed by atoms with Gasteiger partial charge < -0.3 is 20.6 Å². The minimum atomic E-state index is -5.01. The van der Waals surface area contributed by atoms with E-state index in [-0.39, 0.29) is 15.1 Å². The van der Waals surface area contributed by atoms with Gasteiger partial charge in [-0.15, -0.1) is 11.3 Å². The number of carbonyl (C=O) groups excluding carboxylic acids is 3. The Balaban J connectivity index is 2.18. The van der Waals surface area contributed by atoms with Crippen molar-refractivity contribution in [3.05, 3.63) is 11.1 Å². The lowest BCUT2D eigenvalue weighted by Gasteiger charge is -2.42. The molecule has 3 unspecified atom stereocenters. The molecular weight excluding hydrogens is 430 g/mol. The van der Waals surface area contributed by atoms with Gasteiger partial charge in [-0.2, -0.15) is 18.2 Å². The number of nitrogens with zero attached hydrogens (tertiary/aromatic N) is 2. The van der Waals surface area contributed by atoms with Crippen molar-refractivity contribution in [1.82, 2.24) is 20.1 Å². The van der Waals surface area contributed by atoms with E-state index in [0.717, 1.165) is 31.3 Å². The minimum Gasteiger partial charge on any atom is -0.467 e. The minimum absolute atomic E-state index is 0.0647. The molecule has 3 atom stereocenters. The van der Waals surface area contributed by atoms with Gasteiger partial charge in [-0.3, -0.25) is 14.1 Å². The van der Waals surface area contributed by atoms with E-state index in [1.807, 2.05) is 6.92 Å². The molecule has 1 saturated heterocycles. The van der Waals surface area contributed by atoms with Crippen LogP contribution in [0.3, 0.4) is 0 Å². The van der Waals surface area contributed by atoms with Crippen molar-refractivity contribution in [3.8, 4) is 0 Å². The SMILES string of the molecule is CCCCONC(C(=O)NC1C(=O)N(S(=O)(=O)O)C1C(=O)OC)c1csc(N)n1. The van der Waals surface area contributed by atoms with Gasteiger partial charge >= 0.3 is 16.3 Å². The first-order chi connectivity index (χ1) is 13.6. The van der Waals surface area contributed by atoms with E-state index in [2.05, 4.69) is 20.5 Å². The largest absolute Gasteiger partial charge is 0.467 e. The van der Waals surface area contributed by atoms with Crippen LogP contribution in [-0.4, -0.2) is 65.8 Å². The van der Waals surface area contributed by atoms with Crippen LogP contribution in [0.5, 0.6) is 0 Å². The van der Waals surface area contributed by atoms with Gasteiger partial charge in [0.25, 0.3) is 5.91 Å². The van der Waals surface area contributed by atoms with Gasteiger partial charge in [0.1, 0.15) is 6.04 Å². The van der Waals surface area contributed by atoms with Gasteiger partial charge in [-0.05, 0) is 6.42 Å². The molecule has 2 amide bonds. The molecule has 1 fully saturated rings. The van der Waals surface area contributed by atoms with Gasteiger partial charge in [0.15, 0.2) is 17.2 Å². The van der Waals surface area contributed by atoms with Crippen molar-refractivity contribution in [1.29, 1.82) is 0 Å². The average Bonchev–Trinajstić information content (AvgIpc) is 3.07. The zero-order valence-corrected chi connectivity index (χ0v) is 17.2. The second-order valence-electron chi connectivity index (χ2n) is 5.93. The van der Waals surface area contributed by atoms with Gasteiger partial charge in [0, 0.05) is 5.38 Å². The topological polar surface area (TPSA) is 190 Å². The molecule has 5 N–H and O–H groups in total. The molecule has 15 heteroatoms. The van der Waals surface area contributed by atoms with Crippen LogP contribution in [0.1, 0.15) is 31.5 Å². The first kappa shape index (κ1) is 23.0. The van der Waals surface area contributed by atoms with E-state index in [0.29, 0.717) is 6.61 Å². The Morgan fingerprint density at radius 3 is 2.69 bits per heavy atom. The predicted molar refractivity (Wildman–Crippen MR) is 99.4 cm³/mol. The van der Waals surface area contributed by atoms with Crippen molar-refractivity contribution >= 4 is 44.6 Å². The molecule has 0 bridgehead atoms. The molecule has 2 rings (SSSR count).